The number of halogens is 3. The number of H-pyrrole nitrogens is 5. The summed E-state index contributed by atoms with van der Waals surface area (Å²) in [5, 5.41) is 73.7. The number of piperazine rings is 3. The number of rotatable bonds is 17. The first kappa shape index (κ1) is 92.0. The number of anilines is 5. The van der Waals surface area contributed by atoms with Gasteiger partial charge in [0, 0.05) is 271 Å². The molecule has 5 saturated heterocycles. The number of likely N-dealkylation sites (N-methyl/N-ethyl adjacent to an activating group) is 2. The molecule has 0 saturated carbocycles. The van der Waals surface area contributed by atoms with Crippen LogP contribution in [0.3, 0.4) is 0 Å². The molecule has 7 N–H and O–H groups in total. The van der Waals surface area contributed by atoms with Crippen molar-refractivity contribution in [3.05, 3.63) is 159 Å². The minimum atomic E-state index is -2.97. The smallest absolute Gasteiger partial charge is 0.164 e. The second-order valence-corrected chi connectivity index (χ2v) is 39.3. The van der Waals surface area contributed by atoms with Crippen LogP contribution in [0.2, 0.25) is 0 Å². The van der Waals surface area contributed by atoms with Gasteiger partial charge < -0.3 is 69.9 Å². The van der Waals surface area contributed by atoms with Crippen LogP contribution >= 0.6 is 47.8 Å². The van der Waals surface area contributed by atoms with Crippen molar-refractivity contribution in [2.75, 3.05) is 181 Å². The minimum Gasteiger partial charge on any atom is -0.381 e. The SMILES string of the molecule is CCN1CCC(Nc2c(C#N)ncc3[nH]c4ncc(Br)cc4c23)CC1.CCN1CCN(c2c(C#N)ncc3[nH]c4ncc(-c5cnn(C)c5)cc4c23)CC1.CCN1CCN(c2c(C#N)ncc3[nH]c4ncc(Br)cc4c23)CC1.CS(=O)(=O)CCN1CCN(c2c(C#N)ncc3[nH]c4ncc(Br)cc4c23)CC1.Cn1cc(-c2cnc3[nH]c4cnc(C#N)c(NCCN5CCCC5)c4c3c2)cn1. The molecule has 0 aliphatic carbocycles. The Morgan fingerprint density at radius 2 is 0.704 bits per heavy atom. The molecule has 22 heterocycles. The number of aromatic nitrogens is 19. The largest absolute Gasteiger partial charge is 0.381 e. The molecule has 0 unspecified atom stereocenters. The van der Waals surface area contributed by atoms with E-state index >= 15 is 0 Å². The van der Waals surface area contributed by atoms with E-state index in [1.54, 1.807) is 58.9 Å². The number of piperidine rings is 1. The van der Waals surface area contributed by atoms with Gasteiger partial charge in [-0.25, -0.2) is 58.3 Å². The monoisotopic (exact) mass is 2020 g/mol. The Bertz CT molecular complexity index is 7650. The van der Waals surface area contributed by atoms with Gasteiger partial charge in [-0.3, -0.25) is 14.3 Å². The van der Waals surface area contributed by atoms with E-state index < -0.39 is 9.84 Å². The van der Waals surface area contributed by atoms with Crippen molar-refractivity contribution in [3.63, 3.8) is 0 Å². The highest BCUT2D eigenvalue weighted by molar-refractivity contribution is 9.11. The summed E-state index contributed by atoms with van der Waals surface area (Å²) in [6.07, 6.45) is 31.1. The summed E-state index contributed by atoms with van der Waals surface area (Å²) in [6.45, 7) is 26.9. The van der Waals surface area contributed by atoms with Crippen molar-refractivity contribution in [3.8, 4) is 52.6 Å². The highest BCUT2D eigenvalue weighted by Crippen LogP contribution is 2.43. The van der Waals surface area contributed by atoms with Crippen LogP contribution in [0.5, 0.6) is 0 Å². The molecule has 0 bridgehead atoms. The molecule has 17 aromatic heterocycles. The molecule has 0 spiro atoms. The van der Waals surface area contributed by atoms with E-state index in [1.807, 2.05) is 69.5 Å². The van der Waals surface area contributed by atoms with Crippen molar-refractivity contribution >= 4 is 196 Å². The van der Waals surface area contributed by atoms with Gasteiger partial charge in [-0.1, -0.05) is 20.8 Å². The summed E-state index contributed by atoms with van der Waals surface area (Å²) >= 11 is 10.5. The quantitative estimate of drug-likeness (QED) is 0.0445. The lowest BCUT2D eigenvalue weighted by molar-refractivity contribution is 0.229. The molecule has 5 fully saturated rings. The van der Waals surface area contributed by atoms with Crippen LogP contribution in [0, 0.1) is 56.7 Å². The van der Waals surface area contributed by atoms with Crippen molar-refractivity contribution in [2.24, 2.45) is 14.1 Å². The maximum absolute atomic E-state index is 11.4. The Morgan fingerprint density at radius 3 is 1.07 bits per heavy atom. The lowest BCUT2D eigenvalue weighted by atomic mass is 10.0. The van der Waals surface area contributed by atoms with Gasteiger partial charge in [-0.05, 0) is 137 Å². The van der Waals surface area contributed by atoms with Crippen molar-refractivity contribution in [2.45, 2.75) is 52.5 Å². The Balaban J connectivity index is 0.000000113. The number of aromatic amines is 5. The number of hydrogen-bond donors (Lipinski definition) is 7. The lowest BCUT2D eigenvalue weighted by Crippen LogP contribution is -2.48. The summed E-state index contributed by atoms with van der Waals surface area (Å²) < 4.78 is 29.1. The van der Waals surface area contributed by atoms with Crippen LogP contribution in [0.1, 0.15) is 74.9 Å². The molecule has 5 aliphatic heterocycles. The van der Waals surface area contributed by atoms with E-state index in [9.17, 15) is 34.7 Å². The molecular weight excluding hydrogens is 1920 g/mol. The van der Waals surface area contributed by atoms with Crippen LogP contribution in [0.15, 0.2) is 131 Å². The fourth-order valence-electron chi connectivity index (χ4n) is 18.8. The summed E-state index contributed by atoms with van der Waals surface area (Å²) in [6, 6.07) is 21.9. The molecule has 135 heavy (non-hydrogen) atoms. The summed E-state index contributed by atoms with van der Waals surface area (Å²) in [5.41, 5.74) is 18.9. The first-order valence-corrected chi connectivity index (χ1v) is 49.6. The van der Waals surface area contributed by atoms with E-state index in [2.05, 4.69) is 246 Å². The normalized spacial score (nSPS) is 15.6. The van der Waals surface area contributed by atoms with Gasteiger partial charge in [0.1, 0.15) is 68.4 Å². The lowest BCUT2D eigenvalue weighted by Gasteiger charge is -2.36. The maximum Gasteiger partial charge on any atom is 0.164 e. The molecule has 0 amide bonds. The maximum atomic E-state index is 11.4. The van der Waals surface area contributed by atoms with E-state index in [1.165, 1.54) is 19.1 Å². The Labute approximate surface area is 803 Å². The third kappa shape index (κ3) is 19.7. The number of aryl methyl sites for hydroxylation is 2. The Kier molecular flexibility index (Phi) is 27.5. The van der Waals surface area contributed by atoms with E-state index in [4.69, 9.17) is 0 Å². The van der Waals surface area contributed by atoms with Gasteiger partial charge in [0.15, 0.2) is 28.5 Å². The highest BCUT2D eigenvalue weighted by atomic mass is 79.9. The number of pyridine rings is 10. The van der Waals surface area contributed by atoms with Gasteiger partial charge in [-0.2, -0.15) is 36.5 Å². The molecule has 688 valence electrons. The first-order valence-electron chi connectivity index (χ1n) is 45.2. The number of nitrogens with zero attached hydrogens (tertiary/aromatic N) is 27. The number of nitrogens with one attached hydrogen (secondary N) is 7. The van der Waals surface area contributed by atoms with Crippen LogP contribution < -0.4 is 25.3 Å². The van der Waals surface area contributed by atoms with Crippen LogP contribution in [0.25, 0.3) is 132 Å². The van der Waals surface area contributed by atoms with Crippen molar-refractivity contribution in [1.82, 2.24) is 119 Å². The third-order valence-electron chi connectivity index (χ3n) is 25.9. The number of sulfone groups is 1. The van der Waals surface area contributed by atoms with Crippen LogP contribution in [-0.2, 0) is 23.9 Å². The highest BCUT2D eigenvalue weighted by Gasteiger charge is 2.31. The Morgan fingerprint density at radius 1 is 0.378 bits per heavy atom. The topological polar surface area (TPSA) is 447 Å². The third-order valence-corrected chi connectivity index (χ3v) is 28.1. The van der Waals surface area contributed by atoms with E-state index in [0.29, 0.717) is 54.1 Å². The number of nitriles is 5. The first-order chi connectivity index (χ1) is 65.6. The van der Waals surface area contributed by atoms with Crippen LogP contribution in [0.4, 0.5) is 28.4 Å². The second-order valence-electron chi connectivity index (χ2n) is 34.3. The zero-order valence-electron chi connectivity index (χ0n) is 75.6. The molecule has 0 radical (unpaired) electrons. The zero-order valence-corrected chi connectivity index (χ0v) is 81.1. The molecule has 0 atom stereocenters. The average Bonchev–Trinajstić information content (AvgIpc) is 1.62. The van der Waals surface area contributed by atoms with Gasteiger partial charge in [0.2, 0.25) is 0 Å². The molecule has 17 aromatic rings. The number of likely N-dealkylation sites (tertiary alicyclic amines) is 2. The molecule has 0 aromatic carbocycles. The molecule has 22 rings (SSSR count). The average molecular weight is 2020 g/mol. The Hall–Kier alpha value is -13.4. The molecule has 36 nitrogen and oxygen atoms in total. The van der Waals surface area contributed by atoms with Crippen LogP contribution in [-0.4, -0.2) is 289 Å². The number of fused-ring (bicyclic) bond motifs is 15. The van der Waals surface area contributed by atoms with E-state index in [0.717, 1.165) is 311 Å². The summed E-state index contributed by atoms with van der Waals surface area (Å²) in [5.74, 6) is 0.162. The predicted octanol–water partition coefficient (Wildman–Crippen LogP) is 13.9. The van der Waals surface area contributed by atoms with Gasteiger partial charge in [0.05, 0.1) is 105 Å². The minimum absolute atomic E-state index is 0.162. The standard InChI is InChI=1S/2C21H22N8.C18H19BrN6O2S.C18H19BrN6.C17H17BrN6/c1-28-13-15(11-26-28)14-8-16-19-18(27-21(16)25-10-14)12-24-17(9-22)20(19)23-4-7-29-5-2-3-6-29;1-3-28-4-6-29(7-5-28)20-17(9-22)23-12-18-19(20)16-8-14(10-24-21(16)26-18)15-11-25-27(2)13-15;1-28(26,27)7-6-24-2-4-25(5-3-24)17-14(9-20)21-11-15-16(17)13-8-12(19)10-22-18(13)23-15;1-2-25-5-3-12(4-6-25)23-17-14(8-20)21-10-15-16(17)13-7-11(19)9-22-18(13)24-15;1-2-23-3-5-24(6-4-23)16-13(8-19)20-10-14-15(16)12-7-11(18)9-21-17(12)22-14/h8,10-13,23H,2-7H2,1H3,(H,25,27);8,10-13H,3-7H2,1-2H3,(H,24,26);8,10-11H,2-7H2,1H3,(H,22,23);7,9-10,12,23H,2-6H2,1H3,(H,22,24);7,9-10H,2-6H2,1H3,(H,21,22). The fourth-order valence-corrected chi connectivity index (χ4v) is 20.4. The van der Waals surface area contributed by atoms with Crippen molar-refractivity contribution in [1.29, 1.82) is 26.3 Å². The molecular formula is C95H99Br3N34O2S. The summed E-state index contributed by atoms with van der Waals surface area (Å²) in [4.78, 5) is 79.6. The molecule has 40 heteroatoms. The fraction of sp³-hybridized carbons (Fsp3) is 0.358. The predicted molar refractivity (Wildman–Crippen MR) is 538 cm³/mol. The van der Waals surface area contributed by atoms with Crippen molar-refractivity contribution < 1.29 is 8.42 Å². The van der Waals surface area contributed by atoms with Gasteiger partial charge in [0.25, 0.3) is 0 Å². The summed E-state index contributed by atoms with van der Waals surface area (Å²) in [7, 11) is 0.827. The molecule has 5 aliphatic rings. The second kappa shape index (κ2) is 40.4. The number of hydrogen-bond acceptors (Lipinski definition) is 29. The van der Waals surface area contributed by atoms with E-state index in [-0.39, 0.29) is 5.75 Å². The zero-order chi connectivity index (χ0) is 93.7. The van der Waals surface area contributed by atoms with Gasteiger partial charge >= 0.3 is 0 Å². The van der Waals surface area contributed by atoms with Gasteiger partial charge in [-0.15, -0.1) is 0 Å².